The molecule has 0 bridgehead atoms. The Morgan fingerprint density at radius 2 is 2.00 bits per heavy atom. The van der Waals surface area contributed by atoms with Gasteiger partial charge in [0.2, 0.25) is 0 Å². The third-order valence-electron chi connectivity index (χ3n) is 7.99. The maximum Gasteiger partial charge on any atom is 0.311 e. The van der Waals surface area contributed by atoms with E-state index >= 15 is 0 Å². The molecule has 0 aromatic rings. The Labute approximate surface area is 177 Å². The molecule has 3 rings (SSSR count). The zero-order valence-electron chi connectivity index (χ0n) is 19.5. The maximum atomic E-state index is 11.8. The van der Waals surface area contributed by atoms with E-state index in [4.69, 9.17) is 14.5 Å². The van der Waals surface area contributed by atoms with E-state index in [1.165, 1.54) is 26.4 Å². The number of carbonyl (C=O) groups excluding carboxylic acids is 1. The highest BCUT2D eigenvalue weighted by Crippen LogP contribution is 2.54. The Balaban J connectivity index is 1.63. The average molecular weight is 405 g/mol. The molecule has 0 aromatic heterocycles. The molecule has 0 spiro atoms. The van der Waals surface area contributed by atoms with Crippen LogP contribution in [0.1, 0.15) is 86.5 Å². The zero-order valence-corrected chi connectivity index (χ0v) is 19.5. The highest BCUT2D eigenvalue weighted by Gasteiger charge is 2.44. The number of fused-ring (bicyclic) bond motifs is 1. The van der Waals surface area contributed by atoms with Crippen LogP contribution in [0.3, 0.4) is 0 Å². The molecular formula is C25H40O4. The summed E-state index contributed by atoms with van der Waals surface area (Å²) in [5.74, 6) is 0.907. The lowest BCUT2D eigenvalue weighted by Gasteiger charge is -2.48. The Morgan fingerprint density at radius 3 is 2.62 bits per heavy atom. The first-order chi connectivity index (χ1) is 13.6. The summed E-state index contributed by atoms with van der Waals surface area (Å²) in [5.41, 5.74) is 4.70. The van der Waals surface area contributed by atoms with Gasteiger partial charge in [-0.05, 0) is 89.9 Å². The van der Waals surface area contributed by atoms with Crippen molar-refractivity contribution < 1.29 is 19.3 Å². The van der Waals surface area contributed by atoms with Crippen LogP contribution >= 0.6 is 0 Å². The molecule has 0 N–H and O–H groups in total. The van der Waals surface area contributed by atoms with Crippen molar-refractivity contribution in [1.29, 1.82) is 0 Å². The summed E-state index contributed by atoms with van der Waals surface area (Å²) in [5, 5.41) is 0. The van der Waals surface area contributed by atoms with Crippen LogP contribution in [-0.2, 0) is 19.3 Å². The van der Waals surface area contributed by atoms with Crippen LogP contribution in [0, 0.1) is 23.2 Å². The molecule has 4 nitrogen and oxygen atoms in total. The number of hydrogen-bond acceptors (Lipinski definition) is 4. The molecular weight excluding hydrogens is 364 g/mol. The van der Waals surface area contributed by atoms with Gasteiger partial charge in [0.15, 0.2) is 0 Å². The molecule has 0 radical (unpaired) electrons. The largest absolute Gasteiger partial charge is 0.469 e. The monoisotopic (exact) mass is 404 g/mol. The van der Waals surface area contributed by atoms with Crippen molar-refractivity contribution in [2.45, 2.75) is 98.2 Å². The van der Waals surface area contributed by atoms with E-state index in [9.17, 15) is 4.79 Å². The van der Waals surface area contributed by atoms with Gasteiger partial charge < -0.3 is 4.74 Å². The first-order valence-electron chi connectivity index (χ1n) is 11.4. The van der Waals surface area contributed by atoms with Gasteiger partial charge in [-0.3, -0.25) is 4.79 Å². The predicted molar refractivity (Wildman–Crippen MR) is 115 cm³/mol. The molecule has 0 amide bonds. The van der Waals surface area contributed by atoms with E-state index in [1.54, 1.807) is 16.7 Å². The van der Waals surface area contributed by atoms with Crippen molar-refractivity contribution >= 4 is 5.97 Å². The number of esters is 1. The van der Waals surface area contributed by atoms with E-state index in [-0.39, 0.29) is 29.0 Å². The second-order valence-corrected chi connectivity index (χ2v) is 10.5. The number of carbonyl (C=O) groups is 1. The Hall–Kier alpha value is -1.13. The number of methoxy groups -OCH3 is 1. The lowest BCUT2D eigenvalue weighted by molar-refractivity contribution is -0.411. The molecule has 164 valence electrons. The van der Waals surface area contributed by atoms with Gasteiger partial charge >= 0.3 is 5.97 Å². The number of allylic oxidation sites excluding steroid dienone is 4. The van der Waals surface area contributed by atoms with Gasteiger partial charge in [0, 0.05) is 0 Å². The highest BCUT2D eigenvalue weighted by atomic mass is 17.2. The van der Waals surface area contributed by atoms with E-state index in [0.717, 1.165) is 31.6 Å². The van der Waals surface area contributed by atoms with Crippen LogP contribution in [0.2, 0.25) is 0 Å². The zero-order chi connectivity index (χ0) is 21.4. The van der Waals surface area contributed by atoms with E-state index < -0.39 is 0 Å². The third-order valence-corrected chi connectivity index (χ3v) is 7.99. The summed E-state index contributed by atoms with van der Waals surface area (Å²) in [6.45, 7) is 13.5. The van der Waals surface area contributed by atoms with Gasteiger partial charge in [0.05, 0.1) is 13.0 Å². The first kappa shape index (κ1) is 22.6. The summed E-state index contributed by atoms with van der Waals surface area (Å²) >= 11 is 0. The van der Waals surface area contributed by atoms with Crippen molar-refractivity contribution in [3.05, 3.63) is 22.8 Å². The van der Waals surface area contributed by atoms with Crippen LogP contribution < -0.4 is 0 Å². The van der Waals surface area contributed by atoms with Crippen LogP contribution in [0.15, 0.2) is 22.8 Å². The van der Waals surface area contributed by atoms with Crippen molar-refractivity contribution in [3.8, 4) is 0 Å². The second kappa shape index (κ2) is 8.55. The molecule has 4 heteroatoms. The molecule has 0 saturated carbocycles. The maximum absolute atomic E-state index is 11.8. The number of ether oxygens (including phenoxy) is 1. The smallest absolute Gasteiger partial charge is 0.311 e. The molecule has 2 aliphatic carbocycles. The van der Waals surface area contributed by atoms with Gasteiger partial charge in [-0.2, -0.15) is 0 Å². The molecule has 1 saturated heterocycles. The van der Waals surface area contributed by atoms with Crippen LogP contribution in [0.25, 0.3) is 0 Å². The molecule has 1 heterocycles. The molecule has 3 unspecified atom stereocenters. The van der Waals surface area contributed by atoms with Crippen LogP contribution in [0.5, 0.6) is 0 Å². The summed E-state index contributed by atoms with van der Waals surface area (Å²) in [4.78, 5) is 23.3. The minimum absolute atomic E-state index is 0.222. The van der Waals surface area contributed by atoms with Crippen molar-refractivity contribution in [2.24, 2.45) is 23.2 Å². The molecule has 1 fully saturated rings. The molecule has 5 atom stereocenters. The van der Waals surface area contributed by atoms with Crippen molar-refractivity contribution in [2.75, 3.05) is 7.11 Å². The fraction of sp³-hybridized carbons (Fsp3) is 0.800. The van der Waals surface area contributed by atoms with Gasteiger partial charge in [-0.1, -0.05) is 36.6 Å². The lowest BCUT2D eigenvalue weighted by atomic mass is 9.57. The quantitative estimate of drug-likeness (QED) is 0.312. The Morgan fingerprint density at radius 1 is 1.28 bits per heavy atom. The second-order valence-electron chi connectivity index (χ2n) is 10.5. The normalized spacial score (nSPS) is 35.6. The lowest BCUT2D eigenvalue weighted by Crippen LogP contribution is -2.42. The van der Waals surface area contributed by atoms with Crippen LogP contribution in [0.4, 0.5) is 0 Å². The van der Waals surface area contributed by atoms with E-state index in [1.807, 2.05) is 6.92 Å². The SMILES string of the molecule is COC(=O)C(C)[C@H]1CC[C@@](C)(CCC2=C(C)CC3C=C(C)CCC3C2(C)C)OO1. The third kappa shape index (κ3) is 4.64. The predicted octanol–water partition coefficient (Wildman–Crippen LogP) is 6.16. The van der Waals surface area contributed by atoms with Gasteiger partial charge in [-0.25, -0.2) is 9.78 Å². The standard InChI is InChI=1S/C25H40O4/c1-16-8-9-21-19(14-16)15-17(2)20(24(21,4)5)10-12-25(6)13-11-22(28-29-25)18(3)23(26)27-7/h14,18-19,21-22H,8-13,15H2,1-7H3/t18?,19?,21?,22-,25-/m1/s1. The summed E-state index contributed by atoms with van der Waals surface area (Å²) in [7, 11) is 1.42. The van der Waals surface area contributed by atoms with Gasteiger partial charge in [0.25, 0.3) is 0 Å². The highest BCUT2D eigenvalue weighted by molar-refractivity contribution is 5.72. The number of rotatable bonds is 5. The minimum atomic E-state index is -0.300. The van der Waals surface area contributed by atoms with Gasteiger partial charge in [-0.15, -0.1) is 0 Å². The first-order valence-corrected chi connectivity index (χ1v) is 11.4. The topological polar surface area (TPSA) is 44.8 Å². The molecule has 3 aliphatic rings. The summed E-state index contributed by atoms with van der Waals surface area (Å²) < 4.78 is 4.84. The average Bonchev–Trinajstić information content (AvgIpc) is 2.66. The molecule has 29 heavy (non-hydrogen) atoms. The Kier molecular flexibility index (Phi) is 6.65. The minimum Gasteiger partial charge on any atom is -0.469 e. The van der Waals surface area contributed by atoms with Crippen LogP contribution in [-0.4, -0.2) is 24.8 Å². The Bertz CT molecular complexity index is 679. The fourth-order valence-corrected chi connectivity index (χ4v) is 5.99. The molecule has 1 aliphatic heterocycles. The molecule has 0 aromatic carbocycles. The summed E-state index contributed by atoms with van der Waals surface area (Å²) in [6, 6.07) is 0. The number of hydrogen-bond donors (Lipinski definition) is 0. The van der Waals surface area contributed by atoms with Crippen molar-refractivity contribution in [3.63, 3.8) is 0 Å². The van der Waals surface area contributed by atoms with Gasteiger partial charge in [0.1, 0.15) is 11.7 Å². The van der Waals surface area contributed by atoms with Crippen molar-refractivity contribution in [1.82, 2.24) is 0 Å². The van der Waals surface area contributed by atoms with E-state index in [0.29, 0.717) is 5.92 Å². The fourth-order valence-electron chi connectivity index (χ4n) is 5.99. The summed E-state index contributed by atoms with van der Waals surface area (Å²) in [6.07, 6.45) is 9.80. The van der Waals surface area contributed by atoms with E-state index in [2.05, 4.69) is 40.7 Å².